The predicted molar refractivity (Wildman–Crippen MR) is 115 cm³/mol. The van der Waals surface area contributed by atoms with Crippen LogP contribution in [0.2, 0.25) is 0 Å². The van der Waals surface area contributed by atoms with Crippen LogP contribution in [0, 0.1) is 5.92 Å². The molecule has 3 aromatic carbocycles. The molecule has 2 heteroatoms. The van der Waals surface area contributed by atoms with Gasteiger partial charge in [-0.05, 0) is 34.1 Å². The Morgan fingerprint density at radius 3 is 2.00 bits per heavy atom. The molecule has 3 atom stereocenters. The highest BCUT2D eigenvalue weighted by molar-refractivity contribution is 5.43. The summed E-state index contributed by atoms with van der Waals surface area (Å²) < 4.78 is 0. The van der Waals surface area contributed by atoms with E-state index in [1.165, 1.54) is 22.3 Å². The Morgan fingerprint density at radius 1 is 0.821 bits per heavy atom. The van der Waals surface area contributed by atoms with Gasteiger partial charge in [0, 0.05) is 6.54 Å². The number of aliphatic hydroxyl groups excluding tert-OH is 1. The van der Waals surface area contributed by atoms with Crippen LogP contribution in [0.1, 0.15) is 54.1 Å². The highest BCUT2D eigenvalue weighted by atomic mass is 16.3. The van der Waals surface area contributed by atoms with Crippen LogP contribution in [0.25, 0.3) is 0 Å². The van der Waals surface area contributed by atoms with Gasteiger partial charge in [0.15, 0.2) is 0 Å². The second-order valence-electron chi connectivity index (χ2n) is 8.10. The maximum absolute atomic E-state index is 10.4. The van der Waals surface area contributed by atoms with Gasteiger partial charge in [0.25, 0.3) is 0 Å². The van der Waals surface area contributed by atoms with E-state index in [-0.39, 0.29) is 18.7 Å². The third-order valence-corrected chi connectivity index (χ3v) is 6.11. The molecule has 1 aliphatic rings. The zero-order valence-electron chi connectivity index (χ0n) is 16.7. The fourth-order valence-electron chi connectivity index (χ4n) is 4.67. The highest BCUT2D eigenvalue weighted by Crippen LogP contribution is 2.45. The van der Waals surface area contributed by atoms with Crippen LogP contribution in [0.5, 0.6) is 0 Å². The molecule has 1 aliphatic heterocycles. The fourth-order valence-corrected chi connectivity index (χ4v) is 4.67. The number of aliphatic hydroxyl groups is 1. The van der Waals surface area contributed by atoms with Crippen LogP contribution in [0.4, 0.5) is 0 Å². The summed E-state index contributed by atoms with van der Waals surface area (Å²) in [6, 6.07) is 30.1. The topological polar surface area (TPSA) is 23.5 Å². The maximum atomic E-state index is 10.4. The first-order valence-corrected chi connectivity index (χ1v) is 10.3. The summed E-state index contributed by atoms with van der Waals surface area (Å²) in [4.78, 5) is 2.51. The van der Waals surface area contributed by atoms with Crippen molar-refractivity contribution in [3.8, 4) is 0 Å². The van der Waals surface area contributed by atoms with E-state index in [1.54, 1.807) is 0 Å². The first-order chi connectivity index (χ1) is 13.7. The standard InChI is InChI=1S/C26H29NO/c1-19(2)24-17-27(25(18-28)20-11-5-3-6-12-20)26(21-13-7-4-8-14-21)23-16-10-9-15-22(23)24/h3-16,19,24-26,28H,17-18H2,1-2H3/t24-,25+,26+/m1/s1. The van der Waals surface area contributed by atoms with E-state index in [9.17, 15) is 5.11 Å². The Bertz CT molecular complexity index is 891. The van der Waals surface area contributed by atoms with Gasteiger partial charge in [-0.1, -0.05) is 98.8 Å². The van der Waals surface area contributed by atoms with Crippen LogP contribution >= 0.6 is 0 Å². The van der Waals surface area contributed by atoms with Crippen molar-refractivity contribution in [2.24, 2.45) is 5.92 Å². The van der Waals surface area contributed by atoms with Gasteiger partial charge in [0.2, 0.25) is 0 Å². The van der Waals surface area contributed by atoms with E-state index < -0.39 is 0 Å². The quantitative estimate of drug-likeness (QED) is 0.634. The van der Waals surface area contributed by atoms with Crippen molar-refractivity contribution in [2.45, 2.75) is 31.8 Å². The normalized spacial score (nSPS) is 20.7. The lowest BCUT2D eigenvalue weighted by atomic mass is 9.77. The molecule has 0 fully saturated rings. The van der Waals surface area contributed by atoms with Crippen molar-refractivity contribution in [2.75, 3.05) is 13.2 Å². The minimum atomic E-state index is -0.0268. The molecule has 1 N–H and O–H groups in total. The van der Waals surface area contributed by atoms with Gasteiger partial charge in [0.05, 0.1) is 18.7 Å². The second-order valence-corrected chi connectivity index (χ2v) is 8.10. The molecule has 3 aromatic rings. The van der Waals surface area contributed by atoms with Crippen LogP contribution in [-0.4, -0.2) is 23.2 Å². The van der Waals surface area contributed by atoms with Crippen LogP contribution in [0.15, 0.2) is 84.9 Å². The lowest BCUT2D eigenvalue weighted by Crippen LogP contribution is -2.43. The molecule has 0 amide bonds. The molecule has 1 heterocycles. The van der Waals surface area contributed by atoms with Gasteiger partial charge >= 0.3 is 0 Å². The van der Waals surface area contributed by atoms with Gasteiger partial charge in [-0.15, -0.1) is 0 Å². The third-order valence-electron chi connectivity index (χ3n) is 6.11. The first kappa shape index (κ1) is 18.9. The Hall–Kier alpha value is -2.42. The molecule has 0 bridgehead atoms. The molecular formula is C26H29NO. The van der Waals surface area contributed by atoms with Gasteiger partial charge < -0.3 is 5.11 Å². The molecule has 0 unspecified atom stereocenters. The summed E-state index contributed by atoms with van der Waals surface area (Å²) in [5.41, 5.74) is 5.28. The Kier molecular flexibility index (Phi) is 5.61. The lowest BCUT2D eigenvalue weighted by molar-refractivity contribution is 0.0741. The molecule has 0 saturated heterocycles. The average Bonchev–Trinajstić information content (AvgIpc) is 2.75. The minimum Gasteiger partial charge on any atom is -0.394 e. The smallest absolute Gasteiger partial charge is 0.0628 e. The van der Waals surface area contributed by atoms with E-state index in [4.69, 9.17) is 0 Å². The number of benzene rings is 3. The number of nitrogens with zero attached hydrogens (tertiary/aromatic N) is 1. The summed E-state index contributed by atoms with van der Waals surface area (Å²) in [6.07, 6.45) is 0. The zero-order chi connectivity index (χ0) is 19.5. The van der Waals surface area contributed by atoms with E-state index >= 15 is 0 Å². The summed E-state index contributed by atoms with van der Waals surface area (Å²) in [5.74, 6) is 0.990. The van der Waals surface area contributed by atoms with Crippen molar-refractivity contribution >= 4 is 0 Å². The first-order valence-electron chi connectivity index (χ1n) is 10.3. The number of fused-ring (bicyclic) bond motifs is 1. The Labute approximate surface area is 168 Å². The van der Waals surface area contributed by atoms with Crippen LogP contribution < -0.4 is 0 Å². The zero-order valence-corrected chi connectivity index (χ0v) is 16.7. The molecule has 0 spiro atoms. The summed E-state index contributed by atoms with van der Waals surface area (Å²) in [5, 5.41) is 10.4. The van der Waals surface area contributed by atoms with Crippen molar-refractivity contribution in [3.63, 3.8) is 0 Å². The van der Waals surface area contributed by atoms with E-state index in [0.717, 1.165) is 6.54 Å². The lowest BCUT2D eigenvalue weighted by Gasteiger charge is -2.46. The molecule has 144 valence electrons. The van der Waals surface area contributed by atoms with Gasteiger partial charge in [-0.2, -0.15) is 0 Å². The molecule has 0 aromatic heterocycles. The Morgan fingerprint density at radius 2 is 1.39 bits per heavy atom. The minimum absolute atomic E-state index is 0.0268. The fraction of sp³-hybridized carbons (Fsp3) is 0.308. The highest BCUT2D eigenvalue weighted by Gasteiger charge is 2.38. The molecule has 28 heavy (non-hydrogen) atoms. The molecule has 0 saturated carbocycles. The van der Waals surface area contributed by atoms with E-state index in [2.05, 4.69) is 97.6 Å². The SMILES string of the molecule is CC(C)[C@H]1CN([C@@H](CO)c2ccccc2)[C@@H](c2ccccc2)c2ccccc21. The van der Waals surface area contributed by atoms with E-state index in [1.807, 2.05) is 6.07 Å². The predicted octanol–water partition coefficient (Wildman–Crippen LogP) is 5.56. The average molecular weight is 372 g/mol. The largest absolute Gasteiger partial charge is 0.394 e. The van der Waals surface area contributed by atoms with Crippen molar-refractivity contribution in [3.05, 3.63) is 107 Å². The molecule has 4 rings (SSSR count). The molecular weight excluding hydrogens is 342 g/mol. The second kappa shape index (κ2) is 8.30. The number of hydrogen-bond donors (Lipinski definition) is 1. The number of hydrogen-bond acceptors (Lipinski definition) is 2. The number of rotatable bonds is 5. The molecule has 0 radical (unpaired) electrons. The van der Waals surface area contributed by atoms with Crippen molar-refractivity contribution in [1.82, 2.24) is 4.90 Å². The molecule has 0 aliphatic carbocycles. The van der Waals surface area contributed by atoms with Gasteiger partial charge in [-0.25, -0.2) is 0 Å². The summed E-state index contributed by atoms with van der Waals surface area (Å²) >= 11 is 0. The summed E-state index contributed by atoms with van der Waals surface area (Å²) in [7, 11) is 0. The van der Waals surface area contributed by atoms with Gasteiger partial charge in [-0.3, -0.25) is 4.90 Å². The maximum Gasteiger partial charge on any atom is 0.0628 e. The monoisotopic (exact) mass is 371 g/mol. The summed E-state index contributed by atoms with van der Waals surface area (Å²) in [6.45, 7) is 5.66. The van der Waals surface area contributed by atoms with Crippen LogP contribution in [0.3, 0.4) is 0 Å². The van der Waals surface area contributed by atoms with E-state index in [0.29, 0.717) is 11.8 Å². The Balaban J connectivity index is 1.87. The van der Waals surface area contributed by atoms with Crippen molar-refractivity contribution < 1.29 is 5.11 Å². The molecule has 2 nitrogen and oxygen atoms in total. The van der Waals surface area contributed by atoms with Gasteiger partial charge in [0.1, 0.15) is 0 Å². The van der Waals surface area contributed by atoms with Crippen LogP contribution in [-0.2, 0) is 0 Å². The van der Waals surface area contributed by atoms with Crippen molar-refractivity contribution in [1.29, 1.82) is 0 Å². The third kappa shape index (κ3) is 3.50.